The highest BCUT2D eigenvalue weighted by Gasteiger charge is 2.10. The molecule has 2 aromatic rings. The topological polar surface area (TPSA) is 48.1 Å². The number of nitrogens with zero attached hydrogens (tertiary/aromatic N) is 1. The second kappa shape index (κ2) is 5.10. The SMILES string of the molecule is Cc1cc(F)ccc1Oc1cccnc1C(N)=S. The second-order valence-electron chi connectivity index (χ2n) is 3.73. The van der Waals surface area contributed by atoms with Gasteiger partial charge in [-0.1, -0.05) is 12.2 Å². The van der Waals surface area contributed by atoms with E-state index in [4.69, 9.17) is 22.7 Å². The number of benzene rings is 1. The van der Waals surface area contributed by atoms with Gasteiger partial charge < -0.3 is 10.5 Å². The molecule has 1 aromatic heterocycles. The smallest absolute Gasteiger partial charge is 0.156 e. The number of halogens is 1. The molecule has 0 radical (unpaired) electrons. The number of pyridine rings is 1. The van der Waals surface area contributed by atoms with E-state index in [0.717, 1.165) is 0 Å². The molecular formula is C13H11FN2OS. The molecule has 5 heteroatoms. The first-order valence-corrected chi connectivity index (χ1v) is 5.67. The zero-order chi connectivity index (χ0) is 13.1. The van der Waals surface area contributed by atoms with Gasteiger partial charge in [-0.15, -0.1) is 0 Å². The van der Waals surface area contributed by atoms with Crippen LogP contribution in [0.25, 0.3) is 0 Å². The maximum absolute atomic E-state index is 13.0. The van der Waals surface area contributed by atoms with Crippen LogP contribution in [0.4, 0.5) is 4.39 Å². The molecule has 1 heterocycles. The Hall–Kier alpha value is -2.01. The summed E-state index contributed by atoms with van der Waals surface area (Å²) in [6.45, 7) is 1.76. The standard InChI is InChI=1S/C13H11FN2OS/c1-8-7-9(14)4-5-10(8)17-11-3-2-6-16-12(11)13(15)18/h2-7H,1H3,(H2,15,18). The highest BCUT2D eigenvalue weighted by Crippen LogP contribution is 2.27. The number of aryl methyl sites for hydroxylation is 1. The van der Waals surface area contributed by atoms with Gasteiger partial charge >= 0.3 is 0 Å². The predicted octanol–water partition coefficient (Wildman–Crippen LogP) is 2.96. The average molecular weight is 262 g/mol. The lowest BCUT2D eigenvalue weighted by Crippen LogP contribution is -2.12. The molecule has 3 nitrogen and oxygen atoms in total. The highest BCUT2D eigenvalue weighted by atomic mass is 32.1. The van der Waals surface area contributed by atoms with E-state index in [1.807, 2.05) is 0 Å². The lowest BCUT2D eigenvalue weighted by atomic mass is 10.2. The molecule has 92 valence electrons. The van der Waals surface area contributed by atoms with Crippen LogP contribution >= 0.6 is 12.2 Å². The Morgan fingerprint density at radius 3 is 2.78 bits per heavy atom. The van der Waals surface area contributed by atoms with Gasteiger partial charge in [0.2, 0.25) is 0 Å². The van der Waals surface area contributed by atoms with Crippen molar-refractivity contribution >= 4 is 17.2 Å². The van der Waals surface area contributed by atoms with Crippen LogP contribution in [-0.4, -0.2) is 9.97 Å². The second-order valence-corrected chi connectivity index (χ2v) is 4.17. The van der Waals surface area contributed by atoms with E-state index in [2.05, 4.69) is 4.98 Å². The van der Waals surface area contributed by atoms with E-state index < -0.39 is 0 Å². The van der Waals surface area contributed by atoms with Gasteiger partial charge in [0.1, 0.15) is 22.2 Å². The molecule has 0 aliphatic carbocycles. The van der Waals surface area contributed by atoms with Crippen LogP contribution in [0.5, 0.6) is 11.5 Å². The van der Waals surface area contributed by atoms with E-state index >= 15 is 0 Å². The predicted molar refractivity (Wildman–Crippen MR) is 71.3 cm³/mol. The summed E-state index contributed by atoms with van der Waals surface area (Å²) in [5, 5.41) is 0. The zero-order valence-electron chi connectivity index (χ0n) is 9.68. The fraction of sp³-hybridized carbons (Fsp3) is 0.0769. The molecule has 0 saturated carbocycles. The zero-order valence-corrected chi connectivity index (χ0v) is 10.5. The third kappa shape index (κ3) is 2.62. The fourth-order valence-electron chi connectivity index (χ4n) is 1.50. The van der Waals surface area contributed by atoms with Crippen molar-refractivity contribution in [3.63, 3.8) is 0 Å². The minimum atomic E-state index is -0.305. The normalized spacial score (nSPS) is 10.1. The van der Waals surface area contributed by atoms with Crippen molar-refractivity contribution in [3.05, 3.63) is 53.6 Å². The fourth-order valence-corrected chi connectivity index (χ4v) is 1.66. The first-order chi connectivity index (χ1) is 8.58. The van der Waals surface area contributed by atoms with Crippen LogP contribution in [-0.2, 0) is 0 Å². The number of ether oxygens (including phenoxy) is 1. The summed E-state index contributed by atoms with van der Waals surface area (Å²) in [4.78, 5) is 4.21. The molecule has 0 amide bonds. The number of aromatic nitrogens is 1. The molecule has 0 aliphatic heterocycles. The summed E-state index contributed by atoms with van der Waals surface area (Å²) in [6.07, 6.45) is 1.58. The molecule has 1 aromatic carbocycles. The van der Waals surface area contributed by atoms with Gasteiger partial charge in [-0.3, -0.25) is 0 Å². The van der Waals surface area contributed by atoms with Crippen molar-refractivity contribution in [1.82, 2.24) is 4.98 Å². The summed E-state index contributed by atoms with van der Waals surface area (Å²) in [7, 11) is 0. The van der Waals surface area contributed by atoms with E-state index in [1.165, 1.54) is 12.1 Å². The Balaban J connectivity index is 2.37. The van der Waals surface area contributed by atoms with Gasteiger partial charge in [-0.25, -0.2) is 9.37 Å². The molecule has 2 N–H and O–H groups in total. The van der Waals surface area contributed by atoms with Crippen LogP contribution in [0, 0.1) is 12.7 Å². The maximum atomic E-state index is 13.0. The average Bonchev–Trinajstić information content (AvgIpc) is 2.33. The van der Waals surface area contributed by atoms with Crippen LogP contribution in [0.3, 0.4) is 0 Å². The first-order valence-electron chi connectivity index (χ1n) is 5.27. The van der Waals surface area contributed by atoms with E-state index in [1.54, 1.807) is 31.3 Å². The first kappa shape index (κ1) is 12.4. The Labute approximate surface area is 109 Å². The Kier molecular flexibility index (Phi) is 3.53. The summed E-state index contributed by atoms with van der Waals surface area (Å²) < 4.78 is 18.6. The van der Waals surface area contributed by atoms with Crippen molar-refractivity contribution in [2.45, 2.75) is 6.92 Å². The van der Waals surface area contributed by atoms with Gasteiger partial charge in [0.05, 0.1) is 0 Å². The summed E-state index contributed by atoms with van der Waals surface area (Å²) in [5.41, 5.74) is 6.66. The van der Waals surface area contributed by atoms with E-state index in [-0.39, 0.29) is 10.8 Å². The molecule has 0 unspecified atom stereocenters. The van der Waals surface area contributed by atoms with Crippen molar-refractivity contribution in [1.29, 1.82) is 0 Å². The molecule has 18 heavy (non-hydrogen) atoms. The Morgan fingerprint density at radius 1 is 1.33 bits per heavy atom. The van der Waals surface area contributed by atoms with Gasteiger partial charge in [-0.2, -0.15) is 0 Å². The molecule has 0 atom stereocenters. The number of hydrogen-bond donors (Lipinski definition) is 1. The quantitative estimate of drug-likeness (QED) is 0.864. The number of nitrogens with two attached hydrogens (primary N) is 1. The number of hydrogen-bond acceptors (Lipinski definition) is 3. The largest absolute Gasteiger partial charge is 0.455 e. The van der Waals surface area contributed by atoms with Gasteiger partial charge in [0.25, 0.3) is 0 Å². The number of thiocarbonyl (C=S) groups is 1. The Bertz CT molecular complexity index is 601. The van der Waals surface area contributed by atoms with Crippen molar-refractivity contribution < 1.29 is 9.13 Å². The third-order valence-electron chi connectivity index (χ3n) is 2.36. The van der Waals surface area contributed by atoms with Crippen LogP contribution in [0.15, 0.2) is 36.5 Å². The molecule has 2 rings (SSSR count). The van der Waals surface area contributed by atoms with Crippen LogP contribution in [0.2, 0.25) is 0 Å². The third-order valence-corrected chi connectivity index (χ3v) is 2.55. The van der Waals surface area contributed by atoms with Crippen LogP contribution < -0.4 is 10.5 Å². The monoisotopic (exact) mass is 262 g/mol. The molecule has 0 spiro atoms. The maximum Gasteiger partial charge on any atom is 0.156 e. The minimum absolute atomic E-state index is 0.158. The highest BCUT2D eigenvalue weighted by molar-refractivity contribution is 7.80. The van der Waals surface area contributed by atoms with Crippen molar-refractivity contribution in [2.24, 2.45) is 5.73 Å². The molecule has 0 fully saturated rings. The lowest BCUT2D eigenvalue weighted by molar-refractivity contribution is 0.473. The summed E-state index contributed by atoms with van der Waals surface area (Å²) >= 11 is 4.89. The van der Waals surface area contributed by atoms with E-state index in [0.29, 0.717) is 22.8 Å². The van der Waals surface area contributed by atoms with E-state index in [9.17, 15) is 4.39 Å². The number of rotatable bonds is 3. The van der Waals surface area contributed by atoms with Gasteiger partial charge in [0, 0.05) is 6.20 Å². The van der Waals surface area contributed by atoms with Gasteiger partial charge in [-0.05, 0) is 42.8 Å². The van der Waals surface area contributed by atoms with Crippen LogP contribution in [0.1, 0.15) is 11.3 Å². The Morgan fingerprint density at radius 2 is 2.11 bits per heavy atom. The molecular weight excluding hydrogens is 251 g/mol. The molecule has 0 aliphatic rings. The van der Waals surface area contributed by atoms with Gasteiger partial charge in [0.15, 0.2) is 5.75 Å². The minimum Gasteiger partial charge on any atom is -0.455 e. The lowest BCUT2D eigenvalue weighted by Gasteiger charge is -2.11. The summed E-state index contributed by atoms with van der Waals surface area (Å²) in [5.74, 6) is 0.696. The van der Waals surface area contributed by atoms with Crippen molar-refractivity contribution in [3.8, 4) is 11.5 Å². The van der Waals surface area contributed by atoms with Crippen molar-refractivity contribution in [2.75, 3.05) is 0 Å². The summed E-state index contributed by atoms with van der Waals surface area (Å²) in [6, 6.07) is 7.71. The molecule has 0 saturated heterocycles. The molecule has 0 bridgehead atoms.